The van der Waals surface area contributed by atoms with Crippen molar-refractivity contribution < 1.29 is 8.42 Å². The molecule has 1 aliphatic heterocycles. The molecule has 2 N–H and O–H groups in total. The Balaban J connectivity index is 0.00000261. The summed E-state index contributed by atoms with van der Waals surface area (Å²) in [6.45, 7) is 6.75. The van der Waals surface area contributed by atoms with E-state index >= 15 is 0 Å². The first-order valence-corrected chi connectivity index (χ1v) is 11.1. The summed E-state index contributed by atoms with van der Waals surface area (Å²) in [4.78, 5) is 4.97. The van der Waals surface area contributed by atoms with E-state index in [1.54, 1.807) is 16.4 Å². The summed E-state index contributed by atoms with van der Waals surface area (Å²) >= 11 is 0. The molecule has 1 saturated carbocycles. The first-order valence-electron chi connectivity index (χ1n) is 9.63. The van der Waals surface area contributed by atoms with E-state index < -0.39 is 10.0 Å². The van der Waals surface area contributed by atoms with Crippen LogP contribution in [0, 0.1) is 5.92 Å². The number of halogens is 1. The number of sulfonamides is 1. The number of guanidine groups is 1. The van der Waals surface area contributed by atoms with Crippen molar-refractivity contribution in [2.75, 3.05) is 19.6 Å². The summed E-state index contributed by atoms with van der Waals surface area (Å²) < 4.78 is 27.2. The minimum atomic E-state index is -3.39. The molecule has 1 atom stereocenters. The lowest BCUT2D eigenvalue weighted by atomic mass is 10.0. The lowest BCUT2D eigenvalue weighted by molar-refractivity contribution is 0.281. The Bertz CT molecular complexity index is 733. The standard InChI is InChI=1S/C19H30N4O2S.HI/c1-3-20-19(22-17-8-9-17)21-13-16-6-10-18(11-7-16)26(24,25)23-12-4-5-15(2)14-23;/h6-7,10-11,15,17H,3-5,8-9,12-14H2,1-2H3,(H2,20,21,22);1H. The third-order valence-corrected chi connectivity index (χ3v) is 6.74. The van der Waals surface area contributed by atoms with E-state index in [1.165, 1.54) is 12.8 Å². The van der Waals surface area contributed by atoms with Crippen molar-refractivity contribution >= 4 is 40.0 Å². The smallest absolute Gasteiger partial charge is 0.243 e. The van der Waals surface area contributed by atoms with Gasteiger partial charge in [-0.05, 0) is 56.2 Å². The van der Waals surface area contributed by atoms with Gasteiger partial charge in [-0.1, -0.05) is 19.1 Å². The molecule has 152 valence electrons. The van der Waals surface area contributed by atoms with Crippen molar-refractivity contribution in [3.05, 3.63) is 29.8 Å². The van der Waals surface area contributed by atoms with Gasteiger partial charge in [0.1, 0.15) is 0 Å². The maximum Gasteiger partial charge on any atom is 0.243 e. The summed E-state index contributed by atoms with van der Waals surface area (Å²) in [5.41, 5.74) is 1.00. The van der Waals surface area contributed by atoms with E-state index in [0.717, 1.165) is 30.9 Å². The third kappa shape index (κ3) is 6.32. The van der Waals surface area contributed by atoms with Gasteiger partial charge in [0.05, 0.1) is 11.4 Å². The van der Waals surface area contributed by atoms with Gasteiger partial charge in [-0.3, -0.25) is 0 Å². The highest BCUT2D eigenvalue weighted by Gasteiger charge is 2.28. The van der Waals surface area contributed by atoms with Crippen LogP contribution in [0.5, 0.6) is 0 Å². The highest BCUT2D eigenvalue weighted by Crippen LogP contribution is 2.23. The van der Waals surface area contributed by atoms with Crippen LogP contribution in [0.4, 0.5) is 0 Å². The number of nitrogens with zero attached hydrogens (tertiary/aromatic N) is 2. The Morgan fingerprint density at radius 2 is 1.93 bits per heavy atom. The molecule has 8 heteroatoms. The van der Waals surface area contributed by atoms with Crippen LogP contribution in [0.25, 0.3) is 0 Å². The Kier molecular flexibility index (Phi) is 8.36. The van der Waals surface area contributed by atoms with Gasteiger partial charge in [0.25, 0.3) is 0 Å². The predicted molar refractivity (Wildman–Crippen MR) is 120 cm³/mol. The zero-order valence-corrected chi connectivity index (χ0v) is 19.3. The molecule has 0 aromatic heterocycles. The van der Waals surface area contributed by atoms with Gasteiger partial charge in [0, 0.05) is 25.7 Å². The van der Waals surface area contributed by atoms with E-state index in [-0.39, 0.29) is 24.0 Å². The van der Waals surface area contributed by atoms with E-state index in [4.69, 9.17) is 0 Å². The van der Waals surface area contributed by atoms with Crippen LogP contribution in [0.15, 0.2) is 34.2 Å². The van der Waals surface area contributed by atoms with Crippen molar-refractivity contribution in [1.82, 2.24) is 14.9 Å². The molecule has 1 saturated heterocycles. The lowest BCUT2D eigenvalue weighted by Gasteiger charge is -2.30. The van der Waals surface area contributed by atoms with Crippen molar-refractivity contribution in [1.29, 1.82) is 0 Å². The summed E-state index contributed by atoms with van der Waals surface area (Å²) in [6.07, 6.45) is 4.44. The van der Waals surface area contributed by atoms with Crippen LogP contribution in [-0.2, 0) is 16.6 Å². The highest BCUT2D eigenvalue weighted by atomic mass is 127. The molecule has 2 fully saturated rings. The highest BCUT2D eigenvalue weighted by molar-refractivity contribution is 14.0. The second-order valence-electron chi connectivity index (χ2n) is 7.37. The first kappa shape index (κ1) is 22.4. The summed E-state index contributed by atoms with van der Waals surface area (Å²) in [7, 11) is -3.39. The average molecular weight is 506 g/mol. The minimum absolute atomic E-state index is 0. The first-order chi connectivity index (χ1) is 12.5. The Morgan fingerprint density at radius 3 is 2.52 bits per heavy atom. The SMILES string of the molecule is CCNC(=NCc1ccc(S(=O)(=O)N2CCCC(C)C2)cc1)NC1CC1.I. The number of hydrogen-bond donors (Lipinski definition) is 2. The van der Waals surface area contributed by atoms with Gasteiger partial charge < -0.3 is 10.6 Å². The monoisotopic (exact) mass is 506 g/mol. The van der Waals surface area contributed by atoms with Gasteiger partial charge in [-0.2, -0.15) is 4.31 Å². The number of piperidine rings is 1. The zero-order valence-electron chi connectivity index (χ0n) is 16.1. The molecular formula is C19H31IN4O2S. The molecule has 1 heterocycles. The number of rotatable bonds is 6. The normalized spacial score (nSPS) is 21.4. The fourth-order valence-electron chi connectivity index (χ4n) is 3.19. The molecule has 0 spiro atoms. The van der Waals surface area contributed by atoms with Gasteiger partial charge in [0.2, 0.25) is 10.0 Å². The number of aliphatic imine (C=N–C) groups is 1. The van der Waals surface area contributed by atoms with Gasteiger partial charge in [-0.15, -0.1) is 24.0 Å². The van der Waals surface area contributed by atoms with Crippen molar-refractivity contribution in [2.24, 2.45) is 10.9 Å². The third-order valence-electron chi connectivity index (χ3n) is 4.86. The molecule has 0 bridgehead atoms. The van der Waals surface area contributed by atoms with E-state index in [1.807, 2.05) is 19.1 Å². The van der Waals surface area contributed by atoms with E-state index in [9.17, 15) is 8.42 Å². The van der Waals surface area contributed by atoms with Gasteiger partial charge in [0.15, 0.2) is 5.96 Å². The summed E-state index contributed by atoms with van der Waals surface area (Å²) in [5, 5.41) is 6.62. The molecule has 3 rings (SSSR count). The molecule has 0 radical (unpaired) electrons. The average Bonchev–Trinajstić information content (AvgIpc) is 3.44. The lowest BCUT2D eigenvalue weighted by Crippen LogP contribution is -2.39. The second-order valence-corrected chi connectivity index (χ2v) is 9.31. The van der Waals surface area contributed by atoms with Crippen molar-refractivity contribution in [2.45, 2.75) is 57.0 Å². The molecule has 1 aliphatic carbocycles. The van der Waals surface area contributed by atoms with Crippen LogP contribution in [0.3, 0.4) is 0 Å². The van der Waals surface area contributed by atoms with Crippen LogP contribution in [-0.4, -0.2) is 44.4 Å². The minimum Gasteiger partial charge on any atom is -0.357 e. The number of nitrogens with one attached hydrogen (secondary N) is 2. The van der Waals surface area contributed by atoms with Crippen LogP contribution in [0.1, 0.15) is 45.1 Å². The molecule has 6 nitrogen and oxygen atoms in total. The van der Waals surface area contributed by atoms with Gasteiger partial charge in [-0.25, -0.2) is 13.4 Å². The van der Waals surface area contributed by atoms with Crippen LogP contribution >= 0.6 is 24.0 Å². The number of benzene rings is 1. The summed E-state index contributed by atoms with van der Waals surface area (Å²) in [5.74, 6) is 1.25. The van der Waals surface area contributed by atoms with E-state index in [2.05, 4.69) is 22.5 Å². The Hall–Kier alpha value is -0.870. The van der Waals surface area contributed by atoms with Crippen LogP contribution in [0.2, 0.25) is 0 Å². The maximum absolute atomic E-state index is 12.8. The molecule has 1 unspecified atom stereocenters. The summed E-state index contributed by atoms with van der Waals surface area (Å²) in [6, 6.07) is 7.70. The molecule has 1 aromatic carbocycles. The predicted octanol–water partition coefficient (Wildman–Crippen LogP) is 2.94. The van der Waals surface area contributed by atoms with Crippen molar-refractivity contribution in [3.8, 4) is 0 Å². The number of hydrogen-bond acceptors (Lipinski definition) is 3. The second kappa shape index (κ2) is 10.1. The van der Waals surface area contributed by atoms with Crippen molar-refractivity contribution in [3.63, 3.8) is 0 Å². The fraction of sp³-hybridized carbons (Fsp3) is 0.632. The molecule has 0 amide bonds. The maximum atomic E-state index is 12.8. The molecule has 2 aliphatic rings. The topological polar surface area (TPSA) is 73.8 Å². The molecule has 27 heavy (non-hydrogen) atoms. The largest absolute Gasteiger partial charge is 0.357 e. The fourth-order valence-corrected chi connectivity index (χ4v) is 4.79. The van der Waals surface area contributed by atoms with Gasteiger partial charge >= 0.3 is 0 Å². The van der Waals surface area contributed by atoms with Crippen LogP contribution < -0.4 is 10.6 Å². The zero-order chi connectivity index (χ0) is 18.6. The quantitative estimate of drug-likeness (QED) is 0.354. The molecule has 1 aromatic rings. The van der Waals surface area contributed by atoms with E-state index in [0.29, 0.717) is 36.5 Å². The molecular weight excluding hydrogens is 475 g/mol. The Morgan fingerprint density at radius 1 is 1.22 bits per heavy atom. The Labute approximate surface area is 180 Å².